The van der Waals surface area contributed by atoms with Crippen molar-refractivity contribution in [3.05, 3.63) is 24.3 Å². The summed E-state index contributed by atoms with van der Waals surface area (Å²) in [5, 5.41) is 3.46. The van der Waals surface area contributed by atoms with E-state index in [0.29, 0.717) is 0 Å². The first-order chi connectivity index (χ1) is 8.60. The van der Waals surface area contributed by atoms with Gasteiger partial charge in [0.2, 0.25) is 0 Å². The third-order valence-corrected chi connectivity index (χ3v) is 4.83. The van der Waals surface area contributed by atoms with E-state index in [2.05, 4.69) is 19.2 Å². The molecule has 4 heteroatoms. The minimum atomic E-state index is -1.02. The van der Waals surface area contributed by atoms with Crippen LogP contribution in [0.4, 0.5) is 0 Å². The minimum Gasteiger partial charge on any atom is -0.497 e. The molecule has 18 heavy (non-hydrogen) atoms. The first-order valence-corrected chi connectivity index (χ1v) is 7.59. The monoisotopic (exact) mass is 269 g/mol. The number of methoxy groups -OCH3 is 1. The Labute approximate surface area is 112 Å². The fraction of sp³-hybridized carbons (Fsp3) is 0.571. The maximum atomic E-state index is 12.4. The molecular formula is C14H23NO2S. The minimum absolute atomic E-state index is 0.0728. The van der Waals surface area contributed by atoms with Gasteiger partial charge in [0.05, 0.1) is 23.2 Å². The smallest absolute Gasteiger partial charge is 0.120 e. The number of rotatable bonds is 7. The summed E-state index contributed by atoms with van der Waals surface area (Å²) in [7, 11) is 0.606. The molecule has 3 nitrogen and oxygen atoms in total. The summed E-state index contributed by atoms with van der Waals surface area (Å²) in [6.07, 6.45) is 1.09. The summed E-state index contributed by atoms with van der Waals surface area (Å²) >= 11 is 0. The Balaban J connectivity index is 2.72. The quantitative estimate of drug-likeness (QED) is 0.827. The molecule has 1 aromatic carbocycles. The van der Waals surface area contributed by atoms with E-state index in [0.717, 1.165) is 23.6 Å². The largest absolute Gasteiger partial charge is 0.497 e. The molecule has 0 radical (unpaired) electrons. The average Bonchev–Trinajstić information content (AvgIpc) is 2.43. The van der Waals surface area contributed by atoms with Crippen LogP contribution >= 0.6 is 0 Å². The molecule has 3 atom stereocenters. The third-order valence-electron chi connectivity index (χ3n) is 3.03. The fourth-order valence-corrected chi connectivity index (χ4v) is 3.01. The van der Waals surface area contributed by atoms with Crippen LogP contribution in [-0.2, 0) is 10.8 Å². The summed E-state index contributed by atoms with van der Waals surface area (Å²) in [6.45, 7) is 7.19. The van der Waals surface area contributed by atoms with Crippen LogP contribution in [0.2, 0.25) is 0 Å². The molecule has 0 aliphatic rings. The van der Waals surface area contributed by atoms with Gasteiger partial charge >= 0.3 is 0 Å². The van der Waals surface area contributed by atoms with Gasteiger partial charge in [-0.25, -0.2) is 0 Å². The first-order valence-electron chi connectivity index (χ1n) is 6.38. The number of hydrogen-bond donors (Lipinski definition) is 1. The Morgan fingerprint density at radius 3 is 2.72 bits per heavy atom. The number of nitrogens with one attached hydrogen (secondary N) is 1. The zero-order chi connectivity index (χ0) is 13.5. The second-order valence-corrected chi connectivity index (χ2v) is 6.23. The van der Waals surface area contributed by atoms with Crippen molar-refractivity contribution in [2.24, 2.45) is 0 Å². The second-order valence-electron chi connectivity index (χ2n) is 4.42. The van der Waals surface area contributed by atoms with Gasteiger partial charge in [-0.15, -0.1) is 0 Å². The third kappa shape index (κ3) is 4.10. The van der Waals surface area contributed by atoms with E-state index >= 15 is 0 Å². The molecule has 0 saturated carbocycles. The van der Waals surface area contributed by atoms with Gasteiger partial charge in [-0.2, -0.15) is 0 Å². The molecular weight excluding hydrogens is 246 g/mol. The van der Waals surface area contributed by atoms with Crippen molar-refractivity contribution in [3.63, 3.8) is 0 Å². The molecule has 0 heterocycles. The predicted molar refractivity (Wildman–Crippen MR) is 76.6 cm³/mol. The van der Waals surface area contributed by atoms with Crippen molar-refractivity contribution in [1.29, 1.82) is 0 Å². The molecule has 1 N–H and O–H groups in total. The lowest BCUT2D eigenvalue weighted by Gasteiger charge is -2.20. The van der Waals surface area contributed by atoms with Gasteiger partial charge < -0.3 is 10.1 Å². The lowest BCUT2D eigenvalue weighted by atomic mass is 10.2. The lowest BCUT2D eigenvalue weighted by Crippen LogP contribution is -2.38. The van der Waals surface area contributed by atoms with E-state index < -0.39 is 10.8 Å². The van der Waals surface area contributed by atoms with E-state index in [1.54, 1.807) is 7.11 Å². The van der Waals surface area contributed by atoms with E-state index in [-0.39, 0.29) is 11.3 Å². The molecule has 102 valence electrons. The van der Waals surface area contributed by atoms with Crippen molar-refractivity contribution in [1.82, 2.24) is 5.32 Å². The number of hydrogen-bond acceptors (Lipinski definition) is 3. The highest BCUT2D eigenvalue weighted by Crippen LogP contribution is 2.19. The van der Waals surface area contributed by atoms with Crippen molar-refractivity contribution in [3.8, 4) is 5.75 Å². The van der Waals surface area contributed by atoms with Crippen LogP contribution in [0.15, 0.2) is 29.2 Å². The van der Waals surface area contributed by atoms with E-state index in [9.17, 15) is 4.21 Å². The molecule has 0 amide bonds. The Kier molecular flexibility index (Phi) is 6.36. The van der Waals surface area contributed by atoms with Gasteiger partial charge in [-0.1, -0.05) is 13.0 Å². The van der Waals surface area contributed by atoms with Crippen LogP contribution in [0, 0.1) is 0 Å². The Bertz CT molecular complexity index is 395. The van der Waals surface area contributed by atoms with Crippen molar-refractivity contribution in [2.45, 2.75) is 43.4 Å². The number of ether oxygens (including phenoxy) is 1. The molecule has 0 saturated heterocycles. The standard InChI is InChI=1S/C14H23NO2S/c1-5-9-15-11(2)12(3)18(16)14-8-6-7-13(10-14)17-4/h6-8,10-12,15H,5,9H2,1-4H3. The maximum absolute atomic E-state index is 12.4. The van der Waals surface area contributed by atoms with Gasteiger partial charge in [-0.05, 0) is 45.0 Å². The predicted octanol–water partition coefficient (Wildman–Crippen LogP) is 2.58. The van der Waals surface area contributed by atoms with Gasteiger partial charge in [0, 0.05) is 10.9 Å². The topological polar surface area (TPSA) is 38.3 Å². The molecule has 0 aliphatic carbocycles. The van der Waals surface area contributed by atoms with Crippen LogP contribution in [0.25, 0.3) is 0 Å². The van der Waals surface area contributed by atoms with Gasteiger partial charge in [0.1, 0.15) is 5.75 Å². The molecule has 0 aliphatic heterocycles. The molecule has 0 bridgehead atoms. The van der Waals surface area contributed by atoms with Crippen molar-refractivity contribution in [2.75, 3.05) is 13.7 Å². The SMILES string of the molecule is CCCNC(C)C(C)S(=O)c1cccc(OC)c1. The maximum Gasteiger partial charge on any atom is 0.120 e. The Morgan fingerprint density at radius 2 is 2.11 bits per heavy atom. The van der Waals surface area contributed by atoms with E-state index in [4.69, 9.17) is 4.74 Å². The molecule has 3 unspecified atom stereocenters. The zero-order valence-electron chi connectivity index (χ0n) is 11.6. The Morgan fingerprint density at radius 1 is 1.39 bits per heavy atom. The molecule has 0 fully saturated rings. The highest BCUT2D eigenvalue weighted by molar-refractivity contribution is 7.85. The van der Waals surface area contributed by atoms with Crippen LogP contribution in [0.3, 0.4) is 0 Å². The van der Waals surface area contributed by atoms with Gasteiger partial charge in [0.15, 0.2) is 0 Å². The van der Waals surface area contributed by atoms with Crippen molar-refractivity contribution < 1.29 is 8.95 Å². The summed E-state index contributed by atoms with van der Waals surface area (Å²) < 4.78 is 17.6. The second kappa shape index (κ2) is 7.54. The molecule has 1 aromatic rings. The fourth-order valence-electron chi connectivity index (χ4n) is 1.66. The zero-order valence-corrected chi connectivity index (χ0v) is 12.4. The molecule has 0 aromatic heterocycles. The first kappa shape index (κ1) is 15.2. The average molecular weight is 269 g/mol. The number of benzene rings is 1. The van der Waals surface area contributed by atoms with Crippen LogP contribution in [-0.4, -0.2) is 29.2 Å². The summed E-state index contributed by atoms with van der Waals surface area (Å²) in [4.78, 5) is 0.826. The summed E-state index contributed by atoms with van der Waals surface area (Å²) in [5.74, 6) is 0.752. The summed E-state index contributed by atoms with van der Waals surface area (Å²) in [6, 6.07) is 7.71. The normalized spacial score (nSPS) is 16.0. The van der Waals surface area contributed by atoms with Gasteiger partial charge in [-0.3, -0.25) is 4.21 Å². The molecule has 1 rings (SSSR count). The Hall–Kier alpha value is -0.870. The molecule has 0 spiro atoms. The van der Waals surface area contributed by atoms with Crippen LogP contribution in [0.5, 0.6) is 5.75 Å². The lowest BCUT2D eigenvalue weighted by molar-refractivity contribution is 0.413. The van der Waals surface area contributed by atoms with E-state index in [1.807, 2.05) is 31.2 Å². The van der Waals surface area contributed by atoms with Crippen LogP contribution in [0.1, 0.15) is 27.2 Å². The van der Waals surface area contributed by atoms with Gasteiger partial charge in [0.25, 0.3) is 0 Å². The van der Waals surface area contributed by atoms with E-state index in [1.165, 1.54) is 0 Å². The highest BCUT2D eigenvalue weighted by Gasteiger charge is 2.19. The highest BCUT2D eigenvalue weighted by atomic mass is 32.2. The summed E-state index contributed by atoms with van der Waals surface area (Å²) in [5.41, 5.74) is 0. The van der Waals surface area contributed by atoms with Crippen LogP contribution < -0.4 is 10.1 Å². The van der Waals surface area contributed by atoms with Crippen molar-refractivity contribution >= 4 is 10.8 Å².